The maximum Gasteiger partial charge on any atom is 0.200 e. The van der Waals surface area contributed by atoms with Crippen LogP contribution in [0, 0.1) is 42.9 Å². The predicted molar refractivity (Wildman–Crippen MR) is 95.6 cm³/mol. The first-order valence-electron chi connectivity index (χ1n) is 8.18. The highest BCUT2D eigenvalue weighted by Crippen LogP contribution is 2.33. The van der Waals surface area contributed by atoms with Crippen LogP contribution >= 0.6 is 0 Å². The summed E-state index contributed by atoms with van der Waals surface area (Å²) in [6.45, 7) is 3.35. The van der Waals surface area contributed by atoms with Crippen LogP contribution in [0.1, 0.15) is 22.3 Å². The van der Waals surface area contributed by atoms with E-state index in [-0.39, 0.29) is 17.0 Å². The van der Waals surface area contributed by atoms with Gasteiger partial charge in [0.2, 0.25) is 5.82 Å². The Hall–Kier alpha value is -3.22. The van der Waals surface area contributed by atoms with Gasteiger partial charge in [0.1, 0.15) is 11.4 Å². The first-order chi connectivity index (χ1) is 13.2. The smallest absolute Gasteiger partial charge is 0.200 e. The first kappa shape index (κ1) is 19.5. The highest BCUT2D eigenvalue weighted by atomic mass is 19.2. The molecule has 3 aromatic rings. The second kappa shape index (κ2) is 7.42. The lowest BCUT2D eigenvalue weighted by Gasteiger charge is -2.13. The van der Waals surface area contributed by atoms with Gasteiger partial charge in [-0.25, -0.2) is 26.9 Å². The van der Waals surface area contributed by atoms with Crippen molar-refractivity contribution in [3.63, 3.8) is 0 Å². The van der Waals surface area contributed by atoms with E-state index in [9.17, 15) is 27.1 Å². The van der Waals surface area contributed by atoms with Crippen molar-refractivity contribution in [2.24, 2.45) is 4.99 Å². The summed E-state index contributed by atoms with van der Waals surface area (Å²) in [7, 11) is 0. The van der Waals surface area contributed by atoms with Gasteiger partial charge in [0.05, 0.1) is 5.71 Å². The number of rotatable bonds is 3. The molecule has 7 heteroatoms. The zero-order valence-corrected chi connectivity index (χ0v) is 14.8. The van der Waals surface area contributed by atoms with Gasteiger partial charge >= 0.3 is 0 Å². The molecule has 0 saturated heterocycles. The Morgan fingerprint density at radius 1 is 0.786 bits per heavy atom. The van der Waals surface area contributed by atoms with E-state index in [1.165, 1.54) is 6.07 Å². The maximum absolute atomic E-state index is 14.2. The molecular weight excluding hydrogens is 377 g/mol. The number of hydrogen-bond donors (Lipinski definition) is 1. The molecule has 144 valence electrons. The molecule has 2 nitrogen and oxygen atoms in total. The van der Waals surface area contributed by atoms with Crippen LogP contribution in [0.5, 0.6) is 5.75 Å². The van der Waals surface area contributed by atoms with E-state index < -0.39 is 34.8 Å². The minimum Gasteiger partial charge on any atom is -0.507 e. The minimum atomic E-state index is -2.26. The number of aliphatic imine (C=N–C) groups is 1. The second-order valence-electron chi connectivity index (χ2n) is 6.22. The molecule has 28 heavy (non-hydrogen) atoms. The number of aromatic hydroxyl groups is 1. The summed E-state index contributed by atoms with van der Waals surface area (Å²) in [5, 5.41) is 10.4. The van der Waals surface area contributed by atoms with Crippen LogP contribution in [-0.2, 0) is 0 Å². The van der Waals surface area contributed by atoms with Gasteiger partial charge in [0, 0.05) is 11.1 Å². The Kier molecular flexibility index (Phi) is 5.18. The summed E-state index contributed by atoms with van der Waals surface area (Å²) in [4.78, 5) is 3.76. The second-order valence-corrected chi connectivity index (χ2v) is 6.22. The Labute approximate surface area is 157 Å². The van der Waals surface area contributed by atoms with Crippen molar-refractivity contribution in [3.05, 3.63) is 93.8 Å². The normalized spacial score (nSPS) is 11.8. The summed E-state index contributed by atoms with van der Waals surface area (Å²) in [6, 6.07) is 11.2. The van der Waals surface area contributed by atoms with Gasteiger partial charge in [-0.3, -0.25) is 0 Å². The lowest BCUT2D eigenvalue weighted by molar-refractivity contribution is 0.381. The van der Waals surface area contributed by atoms with Crippen LogP contribution in [0.4, 0.5) is 27.6 Å². The molecule has 0 saturated carbocycles. The predicted octanol–water partition coefficient (Wildman–Crippen LogP) is 5.87. The fourth-order valence-electron chi connectivity index (χ4n) is 2.82. The summed E-state index contributed by atoms with van der Waals surface area (Å²) in [6.07, 6.45) is 0. The van der Waals surface area contributed by atoms with Gasteiger partial charge < -0.3 is 5.11 Å². The quantitative estimate of drug-likeness (QED) is 0.257. The van der Waals surface area contributed by atoms with Crippen molar-refractivity contribution in [2.75, 3.05) is 0 Å². The van der Waals surface area contributed by atoms with Gasteiger partial charge in [0.15, 0.2) is 23.3 Å². The highest BCUT2D eigenvalue weighted by molar-refractivity contribution is 6.15. The van der Waals surface area contributed by atoms with Crippen LogP contribution in [-0.4, -0.2) is 10.8 Å². The van der Waals surface area contributed by atoms with Gasteiger partial charge in [-0.05, 0) is 31.0 Å². The summed E-state index contributed by atoms with van der Waals surface area (Å²) < 4.78 is 68.8. The molecule has 0 aliphatic carbocycles. The lowest BCUT2D eigenvalue weighted by Crippen LogP contribution is -2.07. The monoisotopic (exact) mass is 391 g/mol. The largest absolute Gasteiger partial charge is 0.507 e. The molecule has 0 fully saturated rings. The molecule has 3 aromatic carbocycles. The molecule has 0 atom stereocenters. The number of phenolic OH excluding ortho intramolecular Hbond substituents is 1. The van der Waals surface area contributed by atoms with E-state index in [4.69, 9.17) is 0 Å². The maximum atomic E-state index is 14.2. The van der Waals surface area contributed by atoms with E-state index in [1.807, 2.05) is 0 Å². The number of phenols is 1. The fourth-order valence-corrected chi connectivity index (χ4v) is 2.82. The van der Waals surface area contributed by atoms with E-state index in [2.05, 4.69) is 4.99 Å². The number of aryl methyl sites for hydroxylation is 2. The average Bonchev–Trinajstić information content (AvgIpc) is 2.69. The number of halogens is 5. The van der Waals surface area contributed by atoms with Gasteiger partial charge in [-0.15, -0.1) is 0 Å². The van der Waals surface area contributed by atoms with Crippen LogP contribution < -0.4 is 0 Å². The third-order valence-electron chi connectivity index (χ3n) is 4.16. The molecule has 0 amide bonds. The molecule has 0 heterocycles. The third-order valence-corrected chi connectivity index (χ3v) is 4.16. The number of nitrogens with zero attached hydrogens (tertiary/aromatic N) is 1. The Morgan fingerprint density at radius 2 is 1.32 bits per heavy atom. The molecule has 3 rings (SSSR count). The van der Waals surface area contributed by atoms with Crippen molar-refractivity contribution < 1.29 is 27.1 Å². The van der Waals surface area contributed by atoms with Crippen LogP contribution in [0.3, 0.4) is 0 Å². The Balaban J connectivity index is 2.38. The van der Waals surface area contributed by atoms with Gasteiger partial charge in [-0.1, -0.05) is 36.4 Å². The van der Waals surface area contributed by atoms with Crippen LogP contribution in [0.2, 0.25) is 0 Å². The van der Waals surface area contributed by atoms with E-state index >= 15 is 0 Å². The topological polar surface area (TPSA) is 32.6 Å². The molecular formula is C21H14F5NO. The van der Waals surface area contributed by atoms with E-state index in [0.717, 1.165) is 0 Å². The van der Waals surface area contributed by atoms with E-state index in [0.29, 0.717) is 16.7 Å². The average molecular weight is 391 g/mol. The SMILES string of the molecule is Cc1cc(C)c(O)c(C(=Nc2c(F)c(F)c(F)c(F)c2F)c2ccccc2)c1. The van der Waals surface area contributed by atoms with Crippen molar-refractivity contribution in [1.82, 2.24) is 0 Å². The standard InChI is InChI=1S/C21H14F5NO/c1-10-8-11(2)21(28)13(9-10)19(12-6-4-3-5-7-12)27-20-17(25)15(23)14(22)16(24)18(20)26/h3-9,28H,1-2H3. The summed E-state index contributed by atoms with van der Waals surface area (Å²) in [5.41, 5.74) is 0.156. The minimum absolute atomic E-state index is 0.104. The summed E-state index contributed by atoms with van der Waals surface area (Å²) >= 11 is 0. The van der Waals surface area contributed by atoms with E-state index in [1.54, 1.807) is 50.2 Å². The molecule has 0 aliphatic heterocycles. The molecule has 0 aliphatic rings. The molecule has 0 radical (unpaired) electrons. The summed E-state index contributed by atoms with van der Waals surface area (Å²) in [5.74, 6) is -10.7. The van der Waals surface area contributed by atoms with Crippen molar-refractivity contribution in [1.29, 1.82) is 0 Å². The lowest BCUT2D eigenvalue weighted by atomic mass is 9.97. The van der Waals surface area contributed by atoms with Gasteiger partial charge in [-0.2, -0.15) is 0 Å². The molecule has 0 bridgehead atoms. The van der Waals surface area contributed by atoms with Crippen molar-refractivity contribution >= 4 is 11.4 Å². The van der Waals surface area contributed by atoms with Crippen LogP contribution in [0.25, 0.3) is 0 Å². The Morgan fingerprint density at radius 3 is 1.89 bits per heavy atom. The Bertz CT molecular complexity index is 1060. The van der Waals surface area contributed by atoms with Gasteiger partial charge in [0.25, 0.3) is 0 Å². The van der Waals surface area contributed by atoms with Crippen molar-refractivity contribution in [2.45, 2.75) is 13.8 Å². The van der Waals surface area contributed by atoms with Crippen LogP contribution in [0.15, 0.2) is 47.5 Å². The molecule has 0 aromatic heterocycles. The van der Waals surface area contributed by atoms with Crippen molar-refractivity contribution in [3.8, 4) is 5.75 Å². The number of benzene rings is 3. The molecule has 0 unspecified atom stereocenters. The number of hydrogen-bond acceptors (Lipinski definition) is 2. The molecule has 1 N–H and O–H groups in total. The highest BCUT2D eigenvalue weighted by Gasteiger charge is 2.27. The zero-order valence-electron chi connectivity index (χ0n) is 14.8. The molecule has 0 spiro atoms. The zero-order chi connectivity index (χ0) is 20.6. The fraction of sp³-hybridized carbons (Fsp3) is 0.0952. The first-order valence-corrected chi connectivity index (χ1v) is 8.18. The third kappa shape index (κ3) is 3.35.